The summed E-state index contributed by atoms with van der Waals surface area (Å²) in [7, 11) is 0. The van der Waals surface area contributed by atoms with Crippen molar-refractivity contribution in [2.24, 2.45) is 0 Å². The minimum absolute atomic E-state index is 0. The third-order valence-corrected chi connectivity index (χ3v) is 10.2. The smallest absolute Gasteiger partial charge is 0.358 e. The molecule has 14 bridgehead atoms. The molecule has 55 heavy (non-hydrogen) atoms. The maximum absolute atomic E-state index is 4.89. The number of benzene rings is 7. The van der Waals surface area contributed by atoms with E-state index in [4.69, 9.17) is 4.98 Å². The number of aryl methyl sites for hydroxylation is 3. The molecule has 0 saturated carbocycles. The first-order chi connectivity index (χ1) is 26.0. The van der Waals surface area contributed by atoms with E-state index in [2.05, 4.69) is 158 Å². The predicted molar refractivity (Wildman–Crippen MR) is 232 cm³/mol. The molecule has 9 aromatic carbocycles. The largest absolute Gasteiger partial charge is 3.00 e. The Labute approximate surface area is 336 Å². The van der Waals surface area contributed by atoms with E-state index in [-0.39, 0.29) is 27.5 Å². The Bertz CT molecular complexity index is 3030. The predicted octanol–water partition coefficient (Wildman–Crippen LogP) is 14.0. The van der Waals surface area contributed by atoms with Crippen molar-refractivity contribution in [3.63, 3.8) is 0 Å². The molecule has 0 aliphatic rings. The number of fused-ring (bicyclic) bond motifs is 1. The van der Waals surface area contributed by atoms with Gasteiger partial charge in [-0.05, 0) is 108 Å². The standard InChI is InChI=1S/C38H24N.C13H12N.CH3.Ir/c1-24-23-39-38-22-37(24)30-12-4-10-28(21-30)26-8-2-7-25(19-26)27-9-3-11-29(20-27)31-13-5-14-32-33-15-6-16-36(38)35(33)18-17-34(31)32;1-10-3-6-12(7-4-10)13-8-5-11(2)9-14-13;;/h2-15,17-23H,1H3;3-6,8-9H,1-2H3;1H3;/q3*-1;+3. The van der Waals surface area contributed by atoms with Crippen LogP contribution in [0.2, 0.25) is 0 Å². The van der Waals surface area contributed by atoms with Crippen LogP contribution in [-0.4, -0.2) is 9.97 Å². The van der Waals surface area contributed by atoms with Crippen LogP contribution in [-0.2, 0) is 20.1 Å². The molecule has 0 aliphatic heterocycles. The van der Waals surface area contributed by atoms with Crippen LogP contribution in [0.3, 0.4) is 0 Å². The maximum Gasteiger partial charge on any atom is 3.00 e. The van der Waals surface area contributed by atoms with E-state index in [0.29, 0.717) is 0 Å². The molecule has 2 aromatic heterocycles. The van der Waals surface area contributed by atoms with Crippen LogP contribution in [0.25, 0.3) is 86.8 Å². The molecular formula is C52H39IrN2. The molecule has 0 spiro atoms. The van der Waals surface area contributed by atoms with Crippen molar-refractivity contribution in [1.82, 2.24) is 9.97 Å². The summed E-state index contributed by atoms with van der Waals surface area (Å²) in [6.45, 7) is 6.23. The second kappa shape index (κ2) is 15.8. The number of rotatable bonds is 1. The third-order valence-electron chi connectivity index (χ3n) is 10.2. The average Bonchev–Trinajstić information content (AvgIpc) is 3.21. The number of pyridine rings is 2. The summed E-state index contributed by atoms with van der Waals surface area (Å²) in [4.78, 5) is 9.23. The van der Waals surface area contributed by atoms with Gasteiger partial charge >= 0.3 is 20.1 Å². The first-order valence-electron chi connectivity index (χ1n) is 18.0. The second-order valence-corrected chi connectivity index (χ2v) is 13.9. The molecule has 0 saturated heterocycles. The summed E-state index contributed by atoms with van der Waals surface area (Å²) >= 11 is 0. The van der Waals surface area contributed by atoms with Crippen molar-refractivity contribution in [3.8, 4) is 11.3 Å². The van der Waals surface area contributed by atoms with Gasteiger partial charge in [-0.1, -0.05) is 121 Å². The second-order valence-electron chi connectivity index (χ2n) is 13.9. The van der Waals surface area contributed by atoms with Crippen LogP contribution in [0.1, 0.15) is 16.7 Å². The molecule has 0 amide bonds. The molecule has 0 fully saturated rings. The van der Waals surface area contributed by atoms with Crippen molar-refractivity contribution < 1.29 is 20.1 Å². The quantitative estimate of drug-likeness (QED) is 0.121. The van der Waals surface area contributed by atoms with Crippen LogP contribution in [0.4, 0.5) is 0 Å². The molecule has 0 unspecified atom stereocenters. The van der Waals surface area contributed by atoms with Gasteiger partial charge in [-0.2, -0.15) is 0 Å². The zero-order valence-corrected chi connectivity index (χ0v) is 33.7. The molecule has 0 atom stereocenters. The molecule has 3 heteroatoms. The monoisotopic (exact) mass is 884 g/mol. The normalized spacial score (nSPS) is 10.9. The van der Waals surface area contributed by atoms with Crippen molar-refractivity contribution in [1.29, 1.82) is 0 Å². The minimum Gasteiger partial charge on any atom is -0.358 e. The fraction of sp³-hybridized carbons (Fsp3) is 0.0577. The Balaban J connectivity index is 0.000000247. The molecule has 266 valence electrons. The maximum atomic E-state index is 4.89. The Hall–Kier alpha value is -5.99. The van der Waals surface area contributed by atoms with Crippen molar-refractivity contribution in [2.45, 2.75) is 20.8 Å². The molecule has 0 N–H and O–H groups in total. The first kappa shape index (κ1) is 37.3. The minimum atomic E-state index is 0. The topological polar surface area (TPSA) is 25.8 Å². The van der Waals surface area contributed by atoms with Crippen molar-refractivity contribution >= 4 is 75.5 Å². The van der Waals surface area contributed by atoms with Crippen LogP contribution < -0.4 is 0 Å². The van der Waals surface area contributed by atoms with E-state index in [1.807, 2.05) is 43.6 Å². The van der Waals surface area contributed by atoms with Crippen LogP contribution >= 0.6 is 0 Å². The summed E-state index contributed by atoms with van der Waals surface area (Å²) in [5.41, 5.74) is 6.54. The van der Waals surface area contributed by atoms with E-state index < -0.39 is 0 Å². The fourth-order valence-corrected chi connectivity index (χ4v) is 7.40. The SMILES string of the molecule is Cc1c[c-]c(-c2ccc(C)cn2)cc1.Cc1cnc2cc1c1cccc(c1)c1cccc(c1)c1cccc(c1)c1cccc3c1ccc1c2[c-]ccc13.[CH3-].[Ir+3]. The van der Waals surface area contributed by atoms with Gasteiger partial charge in [0.15, 0.2) is 0 Å². The van der Waals surface area contributed by atoms with Gasteiger partial charge in [0.2, 0.25) is 0 Å². The summed E-state index contributed by atoms with van der Waals surface area (Å²) in [5.74, 6) is 0. The summed E-state index contributed by atoms with van der Waals surface area (Å²) < 4.78 is 0. The van der Waals surface area contributed by atoms with Gasteiger partial charge in [0.1, 0.15) is 0 Å². The molecular weight excluding hydrogens is 845 g/mol. The van der Waals surface area contributed by atoms with Gasteiger partial charge in [0.05, 0.1) is 0 Å². The van der Waals surface area contributed by atoms with E-state index in [1.54, 1.807) is 0 Å². The first-order valence-corrected chi connectivity index (χ1v) is 18.0. The van der Waals surface area contributed by atoms with Gasteiger partial charge in [-0.25, -0.2) is 0 Å². The van der Waals surface area contributed by atoms with E-state index >= 15 is 0 Å². The van der Waals surface area contributed by atoms with Gasteiger partial charge in [0, 0.05) is 12.4 Å². The fourth-order valence-electron chi connectivity index (χ4n) is 7.40. The van der Waals surface area contributed by atoms with Crippen molar-refractivity contribution in [3.05, 3.63) is 200 Å². The number of hydrogen-bond acceptors (Lipinski definition) is 2. The Morgan fingerprint density at radius 2 is 1.00 bits per heavy atom. The van der Waals surface area contributed by atoms with Gasteiger partial charge in [0.25, 0.3) is 0 Å². The number of aromatic nitrogens is 2. The average molecular weight is 884 g/mol. The summed E-state index contributed by atoms with van der Waals surface area (Å²) in [6, 6.07) is 61.2. The van der Waals surface area contributed by atoms with E-state index in [9.17, 15) is 0 Å². The zero-order chi connectivity index (χ0) is 35.9. The van der Waals surface area contributed by atoms with Crippen LogP contribution in [0.5, 0.6) is 0 Å². The van der Waals surface area contributed by atoms with Gasteiger partial charge in [-0.3, -0.25) is 0 Å². The third kappa shape index (κ3) is 7.30. The Morgan fingerprint density at radius 3 is 1.65 bits per heavy atom. The number of hydrogen-bond donors (Lipinski definition) is 0. The zero-order valence-electron chi connectivity index (χ0n) is 31.3. The van der Waals surface area contributed by atoms with E-state index in [1.165, 1.54) is 75.8 Å². The summed E-state index contributed by atoms with van der Waals surface area (Å²) in [5, 5.41) is 15.6. The van der Waals surface area contributed by atoms with E-state index in [0.717, 1.165) is 27.7 Å². The molecule has 0 radical (unpaired) electrons. The van der Waals surface area contributed by atoms with Crippen LogP contribution in [0.15, 0.2) is 164 Å². The van der Waals surface area contributed by atoms with Gasteiger partial charge in [-0.15, -0.1) is 59.0 Å². The molecule has 11 aromatic rings. The molecule has 2 nitrogen and oxygen atoms in total. The van der Waals surface area contributed by atoms with Crippen LogP contribution in [0, 0.1) is 40.3 Å². The van der Waals surface area contributed by atoms with Gasteiger partial charge < -0.3 is 17.4 Å². The Kier molecular flexibility index (Phi) is 10.7. The molecule has 0 aliphatic carbocycles. The molecule has 2 heterocycles. The number of nitrogens with zero attached hydrogens (tertiary/aromatic N) is 2. The Morgan fingerprint density at radius 1 is 0.436 bits per heavy atom. The van der Waals surface area contributed by atoms with Crippen molar-refractivity contribution in [2.75, 3.05) is 0 Å². The molecule has 11 rings (SSSR count). The summed E-state index contributed by atoms with van der Waals surface area (Å²) in [6.07, 6.45) is 3.87.